The fourth-order valence-electron chi connectivity index (χ4n) is 2.28. The minimum absolute atomic E-state index is 0.0231. The standard InChI is InChI=1S/C18H17F2NO4S/c19-14-7-4-8-15(20)13(14)11-17(22)21-16(18(23)24)9-10-26(25)12-5-2-1-3-6-12/h1-8,16H,9-11H2,(H,21,22)(H,23,24)/t16-,26+/m0/s1. The molecule has 0 saturated heterocycles. The van der Waals surface area contributed by atoms with Crippen molar-refractivity contribution in [2.24, 2.45) is 0 Å². The zero-order chi connectivity index (χ0) is 19.1. The lowest BCUT2D eigenvalue weighted by Crippen LogP contribution is -2.42. The largest absolute Gasteiger partial charge is 0.480 e. The number of nitrogens with one attached hydrogen (secondary N) is 1. The van der Waals surface area contributed by atoms with Crippen molar-refractivity contribution in [1.29, 1.82) is 0 Å². The van der Waals surface area contributed by atoms with Gasteiger partial charge in [-0.2, -0.15) is 0 Å². The van der Waals surface area contributed by atoms with Crippen molar-refractivity contribution in [3.63, 3.8) is 0 Å². The molecule has 5 nitrogen and oxygen atoms in total. The third-order valence-corrected chi connectivity index (χ3v) is 5.03. The van der Waals surface area contributed by atoms with Crippen LogP contribution in [0.2, 0.25) is 0 Å². The molecule has 0 radical (unpaired) electrons. The fourth-order valence-corrected chi connectivity index (χ4v) is 3.43. The van der Waals surface area contributed by atoms with Gasteiger partial charge in [-0.3, -0.25) is 9.00 Å². The molecule has 0 aliphatic heterocycles. The molecule has 0 aromatic heterocycles. The van der Waals surface area contributed by atoms with E-state index in [0.29, 0.717) is 4.90 Å². The number of benzene rings is 2. The van der Waals surface area contributed by atoms with Crippen molar-refractivity contribution in [3.8, 4) is 0 Å². The molecule has 8 heteroatoms. The molecule has 2 aromatic carbocycles. The first kappa shape index (κ1) is 19.7. The van der Waals surface area contributed by atoms with E-state index < -0.39 is 52.3 Å². The number of carboxylic acids is 1. The van der Waals surface area contributed by atoms with E-state index in [1.165, 1.54) is 6.07 Å². The van der Waals surface area contributed by atoms with Crippen LogP contribution in [0.25, 0.3) is 0 Å². The van der Waals surface area contributed by atoms with Crippen LogP contribution in [0.15, 0.2) is 53.4 Å². The highest BCUT2D eigenvalue weighted by Gasteiger charge is 2.22. The fraction of sp³-hybridized carbons (Fsp3) is 0.222. The van der Waals surface area contributed by atoms with Gasteiger partial charge in [0.25, 0.3) is 0 Å². The summed E-state index contributed by atoms with van der Waals surface area (Å²) >= 11 is 0. The minimum Gasteiger partial charge on any atom is -0.480 e. The van der Waals surface area contributed by atoms with E-state index in [2.05, 4.69) is 5.32 Å². The van der Waals surface area contributed by atoms with Gasteiger partial charge in [0, 0.05) is 16.2 Å². The van der Waals surface area contributed by atoms with Crippen LogP contribution in [-0.4, -0.2) is 33.0 Å². The second kappa shape index (κ2) is 9.19. The van der Waals surface area contributed by atoms with Crippen molar-refractivity contribution < 1.29 is 27.7 Å². The second-order valence-electron chi connectivity index (χ2n) is 5.49. The summed E-state index contributed by atoms with van der Waals surface area (Å²) in [5.74, 6) is -3.87. The van der Waals surface area contributed by atoms with Crippen LogP contribution >= 0.6 is 0 Å². The predicted octanol–water partition coefficient (Wildman–Crippen LogP) is 2.27. The van der Waals surface area contributed by atoms with Gasteiger partial charge in [0.2, 0.25) is 5.91 Å². The Kier molecular flexibility index (Phi) is 6.97. The van der Waals surface area contributed by atoms with Gasteiger partial charge < -0.3 is 10.4 Å². The molecule has 0 saturated carbocycles. The van der Waals surface area contributed by atoms with Gasteiger partial charge >= 0.3 is 5.97 Å². The number of hydrogen-bond donors (Lipinski definition) is 2. The van der Waals surface area contributed by atoms with Crippen molar-refractivity contribution >= 4 is 22.7 Å². The summed E-state index contributed by atoms with van der Waals surface area (Å²) in [7, 11) is -1.42. The van der Waals surface area contributed by atoms with Crippen molar-refractivity contribution in [2.75, 3.05) is 5.75 Å². The first-order valence-electron chi connectivity index (χ1n) is 7.77. The van der Waals surface area contributed by atoms with Crippen LogP contribution in [0, 0.1) is 11.6 Å². The monoisotopic (exact) mass is 381 g/mol. The molecule has 138 valence electrons. The van der Waals surface area contributed by atoms with Gasteiger partial charge in [-0.15, -0.1) is 0 Å². The number of carbonyl (C=O) groups excluding carboxylic acids is 1. The Morgan fingerprint density at radius 1 is 1.04 bits per heavy atom. The molecule has 2 atom stereocenters. The Bertz CT molecular complexity index is 794. The van der Waals surface area contributed by atoms with Crippen molar-refractivity contribution in [1.82, 2.24) is 5.32 Å². The van der Waals surface area contributed by atoms with Crippen LogP contribution in [0.1, 0.15) is 12.0 Å². The highest BCUT2D eigenvalue weighted by atomic mass is 32.2. The second-order valence-corrected chi connectivity index (χ2v) is 7.06. The molecule has 0 fully saturated rings. The van der Waals surface area contributed by atoms with Crippen molar-refractivity contribution in [2.45, 2.75) is 23.8 Å². The van der Waals surface area contributed by atoms with E-state index >= 15 is 0 Å². The van der Waals surface area contributed by atoms with Crippen LogP contribution in [-0.2, 0) is 26.8 Å². The Balaban J connectivity index is 1.96. The Morgan fingerprint density at radius 2 is 1.65 bits per heavy atom. The van der Waals surface area contributed by atoms with E-state index in [0.717, 1.165) is 12.1 Å². The van der Waals surface area contributed by atoms with Gasteiger partial charge in [-0.05, 0) is 30.7 Å². The average molecular weight is 381 g/mol. The zero-order valence-corrected chi connectivity index (χ0v) is 14.5. The lowest BCUT2D eigenvalue weighted by atomic mass is 10.1. The number of aliphatic carboxylic acids is 1. The molecular weight excluding hydrogens is 364 g/mol. The molecule has 2 aromatic rings. The Morgan fingerprint density at radius 3 is 2.23 bits per heavy atom. The summed E-state index contributed by atoms with van der Waals surface area (Å²) in [6.07, 6.45) is -0.702. The average Bonchev–Trinajstić information content (AvgIpc) is 2.62. The lowest BCUT2D eigenvalue weighted by Gasteiger charge is -2.15. The molecule has 0 spiro atoms. The molecule has 0 aliphatic rings. The summed E-state index contributed by atoms with van der Waals surface area (Å²) in [4.78, 5) is 23.8. The molecule has 0 heterocycles. The number of rotatable bonds is 8. The third-order valence-electron chi connectivity index (χ3n) is 3.63. The van der Waals surface area contributed by atoms with Gasteiger partial charge in [-0.25, -0.2) is 13.6 Å². The Labute approximate surface area is 151 Å². The zero-order valence-electron chi connectivity index (χ0n) is 13.7. The first-order valence-corrected chi connectivity index (χ1v) is 9.09. The summed E-state index contributed by atoms with van der Waals surface area (Å²) in [5, 5.41) is 11.4. The number of carboxylic acid groups (broad SMARTS) is 1. The van der Waals surface area contributed by atoms with Crippen LogP contribution < -0.4 is 5.32 Å². The number of halogens is 2. The summed E-state index contributed by atoms with van der Waals surface area (Å²) in [6, 6.07) is 10.4. The topological polar surface area (TPSA) is 83.5 Å². The minimum atomic E-state index is -1.42. The first-order chi connectivity index (χ1) is 12.4. The Hall–Kier alpha value is -2.61. The molecule has 26 heavy (non-hydrogen) atoms. The van der Waals surface area contributed by atoms with Gasteiger partial charge in [0.05, 0.1) is 17.2 Å². The molecule has 2 rings (SSSR count). The summed E-state index contributed by atoms with van der Waals surface area (Å²) in [6.45, 7) is 0. The smallest absolute Gasteiger partial charge is 0.326 e. The lowest BCUT2D eigenvalue weighted by molar-refractivity contribution is -0.141. The molecule has 0 bridgehead atoms. The van der Waals surface area contributed by atoms with Crippen LogP contribution in [0.4, 0.5) is 8.78 Å². The quantitative estimate of drug-likeness (QED) is 0.735. The van der Waals surface area contributed by atoms with Crippen LogP contribution in [0.3, 0.4) is 0 Å². The van der Waals surface area contributed by atoms with Crippen molar-refractivity contribution in [3.05, 3.63) is 65.7 Å². The maximum atomic E-state index is 13.6. The summed E-state index contributed by atoms with van der Waals surface area (Å²) in [5.41, 5.74) is -0.429. The molecule has 0 unspecified atom stereocenters. The highest BCUT2D eigenvalue weighted by Crippen LogP contribution is 2.13. The van der Waals surface area contributed by atoms with Gasteiger partial charge in [0.15, 0.2) is 0 Å². The number of carbonyl (C=O) groups is 2. The van der Waals surface area contributed by atoms with Crippen LogP contribution in [0.5, 0.6) is 0 Å². The van der Waals surface area contributed by atoms with E-state index in [9.17, 15) is 27.7 Å². The van der Waals surface area contributed by atoms with Gasteiger partial charge in [0.1, 0.15) is 17.7 Å². The third kappa shape index (κ3) is 5.45. The van der Waals surface area contributed by atoms with E-state index in [-0.39, 0.29) is 12.2 Å². The highest BCUT2D eigenvalue weighted by molar-refractivity contribution is 7.85. The number of hydrogen-bond acceptors (Lipinski definition) is 3. The van der Waals surface area contributed by atoms with E-state index in [1.54, 1.807) is 30.3 Å². The molecule has 1 amide bonds. The number of amides is 1. The van der Waals surface area contributed by atoms with Gasteiger partial charge in [-0.1, -0.05) is 24.3 Å². The maximum absolute atomic E-state index is 13.6. The summed E-state index contributed by atoms with van der Waals surface area (Å²) < 4.78 is 39.3. The molecular formula is C18H17F2NO4S. The predicted molar refractivity (Wildman–Crippen MR) is 92.0 cm³/mol. The maximum Gasteiger partial charge on any atom is 0.326 e. The van der Waals surface area contributed by atoms with E-state index in [4.69, 9.17) is 0 Å². The molecule has 2 N–H and O–H groups in total. The van der Waals surface area contributed by atoms with E-state index in [1.807, 2.05) is 0 Å². The SMILES string of the molecule is O=C(Cc1c(F)cccc1F)N[C@@H](CC[S@@](=O)c1ccccc1)C(=O)O. The normalized spacial score (nSPS) is 13.0. The molecule has 0 aliphatic carbocycles.